The van der Waals surface area contributed by atoms with Crippen molar-refractivity contribution >= 4 is 56.5 Å². The second kappa shape index (κ2) is 11.3. The molecule has 0 atom stereocenters. The lowest BCUT2D eigenvalue weighted by Crippen LogP contribution is -2.36. The summed E-state index contributed by atoms with van der Waals surface area (Å²) >= 11 is 4.21. The Bertz CT molecular complexity index is 1220. The van der Waals surface area contributed by atoms with Crippen molar-refractivity contribution in [3.05, 3.63) is 56.4 Å². The molecule has 34 heavy (non-hydrogen) atoms. The molecule has 0 aliphatic carbocycles. The Kier molecular flexibility index (Phi) is 8.42. The molecular weight excluding hydrogens is 520 g/mol. The molecule has 3 rings (SSSR count). The van der Waals surface area contributed by atoms with Crippen LogP contribution in [0.5, 0.6) is 11.5 Å². The van der Waals surface area contributed by atoms with Gasteiger partial charge in [0.25, 0.3) is 11.1 Å². The Hall–Kier alpha value is -3.22. The zero-order valence-electron chi connectivity index (χ0n) is 18.9. The molecule has 3 amide bonds. The maximum absolute atomic E-state index is 12.9. The van der Waals surface area contributed by atoms with E-state index in [4.69, 9.17) is 15.9 Å². The maximum atomic E-state index is 12.9. The molecule has 2 aromatic carbocycles. The van der Waals surface area contributed by atoms with E-state index in [0.29, 0.717) is 33.8 Å². The number of ether oxygens (including phenoxy) is 2. The zero-order chi connectivity index (χ0) is 24.8. The number of imide groups is 1. The van der Waals surface area contributed by atoms with Crippen LogP contribution in [0.25, 0.3) is 6.08 Å². The first kappa shape index (κ1) is 25.4. The van der Waals surface area contributed by atoms with Crippen LogP contribution in [0, 0.1) is 26.2 Å². The fourth-order valence-corrected chi connectivity index (χ4v) is 4.59. The number of nitrogens with zero attached hydrogens (tertiary/aromatic N) is 1. The highest BCUT2D eigenvalue weighted by atomic mass is 79.9. The summed E-state index contributed by atoms with van der Waals surface area (Å²) in [4.78, 5) is 39.0. The summed E-state index contributed by atoms with van der Waals surface area (Å²) < 4.78 is 11.8. The third-order valence-corrected chi connectivity index (χ3v) is 6.27. The van der Waals surface area contributed by atoms with Gasteiger partial charge < -0.3 is 14.8 Å². The summed E-state index contributed by atoms with van der Waals surface area (Å²) in [5.41, 5.74) is 3.14. The van der Waals surface area contributed by atoms with E-state index in [9.17, 15) is 14.4 Å². The highest BCUT2D eigenvalue weighted by molar-refractivity contribution is 9.10. The summed E-state index contributed by atoms with van der Waals surface area (Å²) in [5.74, 6) is 2.32. The van der Waals surface area contributed by atoms with Gasteiger partial charge in [0.1, 0.15) is 13.2 Å². The molecule has 1 aliphatic heterocycles. The molecule has 0 unspecified atom stereocenters. The Morgan fingerprint density at radius 2 is 2.00 bits per heavy atom. The van der Waals surface area contributed by atoms with Gasteiger partial charge in [-0.25, -0.2) is 0 Å². The number of benzene rings is 2. The summed E-state index contributed by atoms with van der Waals surface area (Å²) in [6.45, 7) is 5.71. The maximum Gasteiger partial charge on any atom is 0.294 e. The smallest absolute Gasteiger partial charge is 0.294 e. The lowest BCUT2D eigenvalue weighted by Gasteiger charge is -2.14. The molecular formula is C25H23BrN2O5S. The van der Waals surface area contributed by atoms with Crippen molar-refractivity contribution in [2.24, 2.45) is 0 Å². The summed E-state index contributed by atoms with van der Waals surface area (Å²) in [7, 11) is 0. The topological polar surface area (TPSA) is 84.9 Å². The molecule has 0 saturated carbocycles. The van der Waals surface area contributed by atoms with Crippen molar-refractivity contribution in [1.82, 2.24) is 4.90 Å². The molecule has 1 N–H and O–H groups in total. The normalized spacial score (nSPS) is 14.3. The molecule has 176 valence electrons. The number of terminal acetylenes is 1. The van der Waals surface area contributed by atoms with Crippen molar-refractivity contribution in [3.8, 4) is 23.8 Å². The number of halogens is 1. The molecule has 0 spiro atoms. The third kappa shape index (κ3) is 6.01. The monoisotopic (exact) mass is 542 g/mol. The number of carbonyl (C=O) groups is 3. The number of aryl methyl sites for hydroxylation is 2. The minimum Gasteiger partial charge on any atom is -0.490 e. The zero-order valence-corrected chi connectivity index (χ0v) is 21.3. The van der Waals surface area contributed by atoms with Crippen molar-refractivity contribution in [2.75, 3.05) is 25.1 Å². The first-order valence-corrected chi connectivity index (χ1v) is 12.0. The van der Waals surface area contributed by atoms with E-state index in [-0.39, 0.29) is 18.1 Å². The molecule has 1 saturated heterocycles. The van der Waals surface area contributed by atoms with Crippen LogP contribution in [0.15, 0.2) is 39.7 Å². The first-order valence-electron chi connectivity index (χ1n) is 10.4. The van der Waals surface area contributed by atoms with Crippen LogP contribution in [0.1, 0.15) is 23.6 Å². The Balaban J connectivity index is 1.78. The highest BCUT2D eigenvalue weighted by Crippen LogP contribution is 2.39. The Morgan fingerprint density at radius 1 is 1.24 bits per heavy atom. The summed E-state index contributed by atoms with van der Waals surface area (Å²) in [6.07, 6.45) is 6.85. The van der Waals surface area contributed by atoms with Gasteiger partial charge in [0.2, 0.25) is 5.91 Å². The van der Waals surface area contributed by atoms with E-state index in [2.05, 4.69) is 27.2 Å². The predicted molar refractivity (Wildman–Crippen MR) is 137 cm³/mol. The van der Waals surface area contributed by atoms with E-state index in [0.717, 1.165) is 27.8 Å². The fourth-order valence-electron chi connectivity index (χ4n) is 3.18. The van der Waals surface area contributed by atoms with Crippen LogP contribution in [0.4, 0.5) is 10.5 Å². The van der Waals surface area contributed by atoms with Crippen LogP contribution >= 0.6 is 27.7 Å². The van der Waals surface area contributed by atoms with Gasteiger partial charge in [0.05, 0.1) is 16.0 Å². The van der Waals surface area contributed by atoms with Gasteiger partial charge in [-0.05, 0) is 89.4 Å². The average molecular weight is 543 g/mol. The number of rotatable bonds is 8. The van der Waals surface area contributed by atoms with E-state index in [1.54, 1.807) is 18.2 Å². The number of hydrogen-bond acceptors (Lipinski definition) is 6. The fraction of sp³-hybridized carbons (Fsp3) is 0.240. The molecule has 9 heteroatoms. The average Bonchev–Trinajstić information content (AvgIpc) is 3.03. The molecule has 1 aliphatic rings. The van der Waals surface area contributed by atoms with Crippen LogP contribution < -0.4 is 14.8 Å². The lowest BCUT2D eigenvalue weighted by atomic mass is 10.1. The Morgan fingerprint density at radius 3 is 2.71 bits per heavy atom. The number of nitrogens with one attached hydrogen (secondary N) is 1. The van der Waals surface area contributed by atoms with Gasteiger partial charge in [0.15, 0.2) is 11.5 Å². The highest BCUT2D eigenvalue weighted by Gasteiger charge is 2.36. The standard InChI is InChI=1S/C25H23BrN2O5S/c1-5-9-33-23-18(26)11-17(12-20(23)32-6-2)13-21-24(30)28(25(31)34-21)14-22(29)27-19-10-15(3)7-8-16(19)4/h1,7-8,10-13H,6,9,14H2,2-4H3,(H,27,29)/b21-13-. The van der Waals surface area contributed by atoms with E-state index in [1.165, 1.54) is 0 Å². The second-order valence-electron chi connectivity index (χ2n) is 7.39. The van der Waals surface area contributed by atoms with Crippen molar-refractivity contribution in [2.45, 2.75) is 20.8 Å². The van der Waals surface area contributed by atoms with Gasteiger partial charge in [-0.2, -0.15) is 0 Å². The van der Waals surface area contributed by atoms with Crippen LogP contribution in [0.3, 0.4) is 0 Å². The first-order chi connectivity index (χ1) is 16.2. The van der Waals surface area contributed by atoms with E-state index >= 15 is 0 Å². The minimum absolute atomic E-state index is 0.0705. The largest absolute Gasteiger partial charge is 0.490 e. The van der Waals surface area contributed by atoms with E-state index < -0.39 is 17.1 Å². The number of thioether (sulfide) groups is 1. The van der Waals surface area contributed by atoms with Crippen LogP contribution in [-0.4, -0.2) is 41.7 Å². The van der Waals surface area contributed by atoms with Crippen molar-refractivity contribution in [3.63, 3.8) is 0 Å². The second-order valence-corrected chi connectivity index (χ2v) is 9.24. The molecule has 0 radical (unpaired) electrons. The molecule has 1 heterocycles. The molecule has 7 nitrogen and oxygen atoms in total. The van der Waals surface area contributed by atoms with Crippen LogP contribution in [-0.2, 0) is 9.59 Å². The minimum atomic E-state index is -0.534. The lowest BCUT2D eigenvalue weighted by molar-refractivity contribution is -0.127. The van der Waals surface area contributed by atoms with Crippen LogP contribution in [0.2, 0.25) is 0 Å². The molecule has 0 bridgehead atoms. The number of hydrogen-bond donors (Lipinski definition) is 1. The predicted octanol–water partition coefficient (Wildman–Crippen LogP) is 5.15. The van der Waals surface area contributed by atoms with Crippen molar-refractivity contribution < 1.29 is 23.9 Å². The van der Waals surface area contributed by atoms with Gasteiger partial charge in [0, 0.05) is 5.69 Å². The number of carbonyl (C=O) groups excluding carboxylic acids is 3. The number of anilines is 1. The van der Waals surface area contributed by atoms with Gasteiger partial charge in [-0.1, -0.05) is 18.1 Å². The van der Waals surface area contributed by atoms with Gasteiger partial charge in [-0.15, -0.1) is 6.42 Å². The van der Waals surface area contributed by atoms with E-state index in [1.807, 2.05) is 39.0 Å². The third-order valence-electron chi connectivity index (χ3n) is 4.77. The summed E-state index contributed by atoms with van der Waals surface area (Å²) in [6, 6.07) is 9.10. The van der Waals surface area contributed by atoms with Crippen molar-refractivity contribution in [1.29, 1.82) is 0 Å². The van der Waals surface area contributed by atoms with Gasteiger partial charge in [-0.3, -0.25) is 19.3 Å². The molecule has 2 aromatic rings. The van der Waals surface area contributed by atoms with Gasteiger partial charge >= 0.3 is 0 Å². The molecule has 0 aromatic heterocycles. The molecule has 1 fully saturated rings. The number of amides is 3. The SMILES string of the molecule is C#CCOc1c(Br)cc(/C=C2\SC(=O)N(CC(=O)Nc3cc(C)ccc3C)C2=O)cc1OCC. The Labute approximate surface area is 211 Å². The quantitative estimate of drug-likeness (QED) is 0.366. The summed E-state index contributed by atoms with van der Waals surface area (Å²) in [5, 5.41) is 2.26.